The molecule has 166 valence electrons. The van der Waals surface area contributed by atoms with E-state index in [1.54, 1.807) is 44.2 Å². The van der Waals surface area contributed by atoms with E-state index in [1.165, 1.54) is 10.6 Å². The molecule has 0 saturated heterocycles. The van der Waals surface area contributed by atoms with E-state index < -0.39 is 17.4 Å². The van der Waals surface area contributed by atoms with Crippen LogP contribution in [0.25, 0.3) is 16.6 Å². The van der Waals surface area contributed by atoms with Crippen LogP contribution >= 0.6 is 11.6 Å². The summed E-state index contributed by atoms with van der Waals surface area (Å²) in [4.78, 5) is 26.0. The van der Waals surface area contributed by atoms with Crippen LogP contribution < -0.4 is 22.3 Å². The quantitative estimate of drug-likeness (QED) is 0.415. The lowest BCUT2D eigenvalue weighted by molar-refractivity contribution is 0.605. The largest absolute Gasteiger partial charge is 0.382 e. The molecule has 2 aromatic heterocycles. The van der Waals surface area contributed by atoms with Crippen LogP contribution in [0.15, 0.2) is 41.2 Å². The highest BCUT2D eigenvalue weighted by Gasteiger charge is 2.24. The fraction of sp³-hybridized carbons (Fsp3) is 0.136. The van der Waals surface area contributed by atoms with Gasteiger partial charge in [-0.15, -0.1) is 0 Å². The van der Waals surface area contributed by atoms with Crippen molar-refractivity contribution in [3.8, 4) is 11.8 Å². The van der Waals surface area contributed by atoms with E-state index in [0.717, 1.165) is 0 Å². The molecule has 33 heavy (non-hydrogen) atoms. The smallest absolute Gasteiger partial charge is 0.267 e. The summed E-state index contributed by atoms with van der Waals surface area (Å²) in [6.45, 7) is 3.36. The second-order valence-corrected chi connectivity index (χ2v) is 7.73. The minimum absolute atomic E-state index is 0.0177. The second-order valence-electron chi connectivity index (χ2n) is 7.32. The Kier molecular flexibility index (Phi) is 5.57. The van der Waals surface area contributed by atoms with Gasteiger partial charge in [0, 0.05) is 0 Å². The van der Waals surface area contributed by atoms with Crippen molar-refractivity contribution in [2.75, 3.05) is 16.8 Å². The summed E-state index contributed by atoms with van der Waals surface area (Å²) in [5, 5.41) is 12.8. The minimum atomic E-state index is -0.735. The van der Waals surface area contributed by atoms with Crippen molar-refractivity contribution in [1.29, 1.82) is 5.26 Å². The highest BCUT2D eigenvalue weighted by Crippen LogP contribution is 2.28. The molecule has 4 rings (SSSR count). The molecule has 0 aliphatic rings. The van der Waals surface area contributed by atoms with E-state index in [1.807, 2.05) is 6.07 Å². The van der Waals surface area contributed by atoms with E-state index in [-0.39, 0.29) is 45.1 Å². The lowest BCUT2D eigenvalue weighted by Crippen LogP contribution is -2.29. The molecule has 2 aromatic carbocycles. The summed E-state index contributed by atoms with van der Waals surface area (Å²) in [5.74, 6) is -0.607. The Morgan fingerprint density at radius 1 is 1.18 bits per heavy atom. The van der Waals surface area contributed by atoms with Crippen LogP contribution in [0.2, 0.25) is 5.02 Å². The normalized spacial score (nSPS) is 11.8. The van der Waals surface area contributed by atoms with E-state index in [9.17, 15) is 14.4 Å². The van der Waals surface area contributed by atoms with Gasteiger partial charge in [-0.2, -0.15) is 15.2 Å². The van der Waals surface area contributed by atoms with Gasteiger partial charge in [0.1, 0.15) is 29.1 Å². The van der Waals surface area contributed by atoms with Crippen molar-refractivity contribution in [2.24, 2.45) is 0 Å². The van der Waals surface area contributed by atoms with E-state index in [0.29, 0.717) is 11.1 Å². The summed E-state index contributed by atoms with van der Waals surface area (Å²) in [6.07, 6.45) is 0. The number of nitrogens with two attached hydrogens (primary N) is 2. The number of nitrogen functional groups attached to an aromatic ring is 2. The van der Waals surface area contributed by atoms with E-state index in [2.05, 4.69) is 20.3 Å². The number of hydrogen-bond acceptors (Lipinski definition) is 8. The molecular weight excluding hydrogens is 447 g/mol. The second kappa shape index (κ2) is 8.37. The number of nitrogens with one attached hydrogen (secondary N) is 1. The number of rotatable bonds is 4. The molecule has 0 aliphatic heterocycles. The first-order chi connectivity index (χ1) is 15.7. The summed E-state index contributed by atoms with van der Waals surface area (Å²) in [7, 11) is 0. The maximum atomic E-state index is 15.0. The first kappa shape index (κ1) is 22.0. The molecule has 0 amide bonds. The molecule has 1 unspecified atom stereocenters. The van der Waals surface area contributed by atoms with Crippen LogP contribution in [0.3, 0.4) is 0 Å². The highest BCUT2D eigenvalue weighted by atomic mass is 35.5. The van der Waals surface area contributed by atoms with Crippen LogP contribution in [-0.2, 0) is 0 Å². The fourth-order valence-electron chi connectivity index (χ4n) is 3.60. The summed E-state index contributed by atoms with van der Waals surface area (Å²) < 4.78 is 16.2. The van der Waals surface area contributed by atoms with Crippen molar-refractivity contribution >= 4 is 40.1 Å². The Labute approximate surface area is 192 Å². The zero-order chi connectivity index (χ0) is 23.9. The first-order valence-corrected chi connectivity index (χ1v) is 10.2. The zero-order valence-corrected chi connectivity index (χ0v) is 18.4. The molecule has 0 radical (unpaired) electrons. The van der Waals surface area contributed by atoms with Gasteiger partial charge in [0.05, 0.1) is 27.7 Å². The minimum Gasteiger partial charge on any atom is -0.382 e. The lowest BCUT2D eigenvalue weighted by atomic mass is 10.1. The number of halogens is 2. The molecule has 4 aromatic rings. The number of nitriles is 1. The SMILES string of the molecule is Cc1cccc(F)c1-n1c(C(C)Nc2nc(N)nc(N)c2C#N)nc2cccc(Cl)c2c1=O. The number of fused-ring (bicyclic) bond motifs is 1. The Morgan fingerprint density at radius 2 is 1.91 bits per heavy atom. The van der Waals surface area contributed by atoms with Crippen LogP contribution in [-0.4, -0.2) is 19.5 Å². The first-order valence-electron chi connectivity index (χ1n) is 9.79. The van der Waals surface area contributed by atoms with Gasteiger partial charge in [0.25, 0.3) is 5.56 Å². The third-order valence-corrected chi connectivity index (χ3v) is 5.41. The van der Waals surface area contributed by atoms with Gasteiger partial charge in [0.15, 0.2) is 5.82 Å². The van der Waals surface area contributed by atoms with Gasteiger partial charge in [-0.1, -0.05) is 29.8 Å². The topological polar surface area (TPSA) is 149 Å². The third-order valence-electron chi connectivity index (χ3n) is 5.09. The van der Waals surface area contributed by atoms with Gasteiger partial charge in [-0.3, -0.25) is 9.36 Å². The number of benzene rings is 2. The number of nitrogens with zero attached hydrogens (tertiary/aromatic N) is 5. The Balaban J connectivity index is 2.00. The molecule has 2 heterocycles. The molecule has 9 nitrogen and oxygen atoms in total. The standard InChI is InChI=1S/C22H18ClFN8O/c1-10-5-3-7-14(24)17(10)32-20(29-15-8-4-6-13(23)16(15)21(32)33)11(2)28-19-12(9-25)18(26)30-22(27)31-19/h3-8,11H,1-2H3,(H5,26,27,28,30,31). The maximum absolute atomic E-state index is 15.0. The molecule has 0 fully saturated rings. The zero-order valence-electron chi connectivity index (χ0n) is 17.6. The van der Waals surface area contributed by atoms with Crippen molar-refractivity contribution in [3.05, 3.63) is 74.5 Å². The number of hydrogen-bond donors (Lipinski definition) is 3. The molecule has 0 spiro atoms. The van der Waals surface area contributed by atoms with Gasteiger partial charge in [-0.05, 0) is 37.6 Å². The van der Waals surface area contributed by atoms with E-state index >= 15 is 0 Å². The van der Waals surface area contributed by atoms with Crippen LogP contribution in [0.1, 0.15) is 29.9 Å². The molecule has 11 heteroatoms. The van der Waals surface area contributed by atoms with E-state index in [4.69, 9.17) is 23.1 Å². The lowest BCUT2D eigenvalue weighted by Gasteiger charge is -2.22. The maximum Gasteiger partial charge on any atom is 0.267 e. The van der Waals surface area contributed by atoms with Gasteiger partial charge >= 0.3 is 0 Å². The predicted molar refractivity (Wildman–Crippen MR) is 125 cm³/mol. The van der Waals surface area contributed by atoms with Crippen molar-refractivity contribution in [3.63, 3.8) is 0 Å². The fourth-order valence-corrected chi connectivity index (χ4v) is 3.85. The Hall–Kier alpha value is -4.23. The predicted octanol–water partition coefficient (Wildman–Crippen LogP) is 3.49. The average molecular weight is 465 g/mol. The number of para-hydroxylation sites is 1. The Bertz CT molecular complexity index is 1490. The number of aromatic nitrogens is 4. The summed E-state index contributed by atoms with van der Waals surface area (Å²) in [5.41, 5.74) is 11.8. The van der Waals surface area contributed by atoms with Gasteiger partial charge in [0.2, 0.25) is 5.95 Å². The molecule has 5 N–H and O–H groups in total. The molecule has 1 atom stereocenters. The number of aryl methyl sites for hydroxylation is 1. The summed E-state index contributed by atoms with van der Waals surface area (Å²) >= 11 is 6.29. The average Bonchev–Trinajstić information content (AvgIpc) is 2.74. The van der Waals surface area contributed by atoms with Crippen molar-refractivity contribution < 1.29 is 4.39 Å². The summed E-state index contributed by atoms with van der Waals surface area (Å²) in [6, 6.07) is 10.6. The molecule has 0 saturated carbocycles. The number of anilines is 3. The van der Waals surface area contributed by atoms with Crippen LogP contribution in [0.4, 0.5) is 22.0 Å². The van der Waals surface area contributed by atoms with Gasteiger partial charge < -0.3 is 16.8 Å². The van der Waals surface area contributed by atoms with Crippen LogP contribution in [0, 0.1) is 24.1 Å². The Morgan fingerprint density at radius 3 is 2.61 bits per heavy atom. The highest BCUT2D eigenvalue weighted by molar-refractivity contribution is 6.35. The molecule has 0 aliphatic carbocycles. The van der Waals surface area contributed by atoms with Crippen LogP contribution in [0.5, 0.6) is 0 Å². The molecule has 0 bridgehead atoms. The van der Waals surface area contributed by atoms with Crippen molar-refractivity contribution in [1.82, 2.24) is 19.5 Å². The molecular formula is C22H18ClFN8O. The third kappa shape index (κ3) is 3.79. The van der Waals surface area contributed by atoms with Crippen molar-refractivity contribution in [2.45, 2.75) is 19.9 Å². The van der Waals surface area contributed by atoms with Gasteiger partial charge in [-0.25, -0.2) is 9.37 Å². The monoisotopic (exact) mass is 464 g/mol.